The molecule has 1 aliphatic carbocycles. The third-order valence-corrected chi connectivity index (χ3v) is 10.0. The van der Waals surface area contributed by atoms with E-state index in [2.05, 4.69) is 152 Å². The minimum Gasteiger partial charge on any atom is -0.277 e. The Bertz CT molecular complexity index is 2540. The summed E-state index contributed by atoms with van der Waals surface area (Å²) in [6.07, 6.45) is 6.70. The van der Waals surface area contributed by atoms with Gasteiger partial charge >= 0.3 is 0 Å². The summed E-state index contributed by atoms with van der Waals surface area (Å²) in [5.74, 6) is 1.85. The van der Waals surface area contributed by atoms with Crippen molar-refractivity contribution >= 4 is 21.8 Å². The van der Waals surface area contributed by atoms with E-state index in [4.69, 9.17) is 15.0 Å². The van der Waals surface area contributed by atoms with Crippen LogP contribution < -0.4 is 0 Å². The molecule has 50 heavy (non-hydrogen) atoms. The maximum Gasteiger partial charge on any atom is 0.238 e. The molecule has 1 unspecified atom stereocenters. The molecule has 0 N–H and O–H groups in total. The van der Waals surface area contributed by atoms with Crippen LogP contribution in [0.2, 0.25) is 0 Å². The van der Waals surface area contributed by atoms with E-state index in [0.29, 0.717) is 17.6 Å². The Morgan fingerprint density at radius 3 is 1.82 bits per heavy atom. The van der Waals surface area contributed by atoms with Crippen LogP contribution in [0.5, 0.6) is 0 Å². The smallest absolute Gasteiger partial charge is 0.238 e. The Labute approximate surface area is 291 Å². The number of nitrogens with zero attached hydrogens (tertiary/aromatic N) is 4. The zero-order valence-corrected chi connectivity index (χ0v) is 28.0. The second-order valence-electron chi connectivity index (χ2n) is 12.7. The van der Waals surface area contributed by atoms with Gasteiger partial charge in [-0.2, -0.15) is 9.97 Å². The van der Waals surface area contributed by atoms with Gasteiger partial charge in [0.2, 0.25) is 5.95 Å². The third kappa shape index (κ3) is 4.35. The molecule has 2 heterocycles. The van der Waals surface area contributed by atoms with Gasteiger partial charge in [-0.05, 0) is 47.7 Å². The normalized spacial score (nSPS) is 15.5. The highest BCUT2D eigenvalue weighted by Gasteiger charge is 2.48. The molecule has 0 aliphatic heterocycles. The SMILES string of the molecule is C/C=C\C(=C/C)C1(c2ccccc2)c2ccccc2-c2ccc3c4ccccc4n(-c4nc(-c5ccccc5)nc(-c5ccccc5)n4)c3c21. The average molecular weight is 643 g/mol. The molecule has 1 aliphatic rings. The van der Waals surface area contributed by atoms with Crippen LogP contribution >= 0.6 is 0 Å². The van der Waals surface area contributed by atoms with Crippen molar-refractivity contribution in [3.8, 4) is 39.9 Å². The number of rotatable bonds is 6. The molecule has 0 fully saturated rings. The van der Waals surface area contributed by atoms with Crippen LogP contribution in [0.1, 0.15) is 30.5 Å². The van der Waals surface area contributed by atoms with Crippen molar-refractivity contribution in [2.24, 2.45) is 0 Å². The Kier molecular flexibility index (Phi) is 7.10. The van der Waals surface area contributed by atoms with Gasteiger partial charge in [0.05, 0.1) is 16.4 Å². The Morgan fingerprint density at radius 2 is 1.16 bits per heavy atom. The van der Waals surface area contributed by atoms with E-state index < -0.39 is 5.41 Å². The maximum absolute atomic E-state index is 5.28. The monoisotopic (exact) mass is 642 g/mol. The molecular weight excluding hydrogens is 609 g/mol. The molecule has 4 nitrogen and oxygen atoms in total. The summed E-state index contributed by atoms with van der Waals surface area (Å²) in [7, 11) is 0. The van der Waals surface area contributed by atoms with Crippen molar-refractivity contribution in [3.05, 3.63) is 192 Å². The number of aromatic nitrogens is 4. The molecule has 6 aromatic carbocycles. The quantitative estimate of drug-likeness (QED) is 0.170. The van der Waals surface area contributed by atoms with Gasteiger partial charge in [-0.3, -0.25) is 4.57 Å². The number of fused-ring (bicyclic) bond motifs is 7. The zero-order chi connectivity index (χ0) is 33.7. The fourth-order valence-corrected chi connectivity index (χ4v) is 8.02. The molecule has 4 heteroatoms. The topological polar surface area (TPSA) is 43.6 Å². The first kappa shape index (κ1) is 29.7. The molecule has 238 valence electrons. The molecule has 0 saturated carbocycles. The summed E-state index contributed by atoms with van der Waals surface area (Å²) in [6, 6.07) is 53.5. The lowest BCUT2D eigenvalue weighted by molar-refractivity contribution is 0.766. The Hall–Kier alpha value is -6.39. The maximum atomic E-state index is 5.28. The predicted molar refractivity (Wildman–Crippen MR) is 205 cm³/mol. The van der Waals surface area contributed by atoms with Crippen LogP contribution in [-0.2, 0) is 5.41 Å². The van der Waals surface area contributed by atoms with Crippen molar-refractivity contribution in [1.29, 1.82) is 0 Å². The standard InChI is InChI=1S/C46H34N4/c1-3-18-33(4-2)46(34-23-12-7-13-24-34)39-27-16-14-25-35(39)37-29-30-38-36-26-15-17-28-40(36)50(42(38)41(37)46)45-48-43(31-19-8-5-9-20-31)47-44(49-45)32-21-10-6-11-22-32/h3-30H,1-2H3/b18-3-,33-4+. The van der Waals surface area contributed by atoms with Crippen molar-refractivity contribution in [2.45, 2.75) is 19.3 Å². The van der Waals surface area contributed by atoms with Crippen LogP contribution in [0, 0.1) is 0 Å². The fourth-order valence-electron chi connectivity index (χ4n) is 8.02. The van der Waals surface area contributed by atoms with Crippen molar-refractivity contribution in [2.75, 3.05) is 0 Å². The zero-order valence-electron chi connectivity index (χ0n) is 28.0. The molecular formula is C46H34N4. The molecule has 0 bridgehead atoms. The third-order valence-electron chi connectivity index (χ3n) is 10.0. The van der Waals surface area contributed by atoms with Gasteiger partial charge in [0, 0.05) is 27.5 Å². The van der Waals surface area contributed by atoms with E-state index in [1.807, 2.05) is 36.4 Å². The summed E-state index contributed by atoms with van der Waals surface area (Å²) in [4.78, 5) is 15.6. The van der Waals surface area contributed by atoms with Gasteiger partial charge < -0.3 is 0 Å². The highest BCUT2D eigenvalue weighted by Crippen LogP contribution is 2.59. The van der Waals surface area contributed by atoms with Gasteiger partial charge in [-0.15, -0.1) is 0 Å². The number of allylic oxidation sites excluding steroid dienone is 4. The van der Waals surface area contributed by atoms with Crippen LogP contribution in [0.15, 0.2) is 175 Å². The molecule has 0 spiro atoms. The number of para-hydroxylation sites is 1. The van der Waals surface area contributed by atoms with Crippen LogP contribution in [0.25, 0.3) is 61.7 Å². The summed E-state index contributed by atoms with van der Waals surface area (Å²) < 4.78 is 2.29. The highest BCUT2D eigenvalue weighted by molar-refractivity contribution is 6.13. The second kappa shape index (κ2) is 11.9. The van der Waals surface area contributed by atoms with Crippen molar-refractivity contribution in [1.82, 2.24) is 19.5 Å². The minimum absolute atomic E-state index is 0.586. The van der Waals surface area contributed by atoms with Crippen molar-refractivity contribution in [3.63, 3.8) is 0 Å². The molecule has 9 rings (SSSR count). The molecule has 2 aromatic heterocycles. The summed E-state index contributed by atoms with van der Waals surface area (Å²) in [5, 5.41) is 2.31. The van der Waals surface area contributed by atoms with Crippen LogP contribution in [0.3, 0.4) is 0 Å². The van der Waals surface area contributed by atoms with E-state index in [1.165, 1.54) is 33.4 Å². The predicted octanol–water partition coefficient (Wildman–Crippen LogP) is 11.1. The number of hydrogen-bond acceptors (Lipinski definition) is 3. The largest absolute Gasteiger partial charge is 0.277 e. The molecule has 8 aromatic rings. The van der Waals surface area contributed by atoms with Gasteiger partial charge in [-0.25, -0.2) is 4.98 Å². The van der Waals surface area contributed by atoms with Gasteiger partial charge in [0.25, 0.3) is 0 Å². The minimum atomic E-state index is -0.600. The second-order valence-corrected chi connectivity index (χ2v) is 12.7. The van der Waals surface area contributed by atoms with E-state index in [1.54, 1.807) is 0 Å². The van der Waals surface area contributed by atoms with E-state index >= 15 is 0 Å². The fraction of sp³-hybridized carbons (Fsp3) is 0.0652. The first-order chi connectivity index (χ1) is 24.7. The van der Waals surface area contributed by atoms with Crippen LogP contribution in [-0.4, -0.2) is 19.5 Å². The van der Waals surface area contributed by atoms with Gasteiger partial charge in [0.1, 0.15) is 0 Å². The van der Waals surface area contributed by atoms with E-state index in [0.717, 1.165) is 32.9 Å². The number of hydrogen-bond donors (Lipinski definition) is 0. The number of benzene rings is 6. The van der Waals surface area contributed by atoms with Crippen LogP contribution in [0.4, 0.5) is 0 Å². The van der Waals surface area contributed by atoms with E-state index in [-0.39, 0.29) is 0 Å². The van der Waals surface area contributed by atoms with Gasteiger partial charge in [-0.1, -0.05) is 164 Å². The van der Waals surface area contributed by atoms with Gasteiger partial charge in [0.15, 0.2) is 11.6 Å². The highest BCUT2D eigenvalue weighted by atomic mass is 15.2. The first-order valence-electron chi connectivity index (χ1n) is 17.1. The summed E-state index contributed by atoms with van der Waals surface area (Å²) in [5.41, 5.74) is 10.8. The molecule has 0 radical (unpaired) electrons. The van der Waals surface area contributed by atoms with E-state index in [9.17, 15) is 0 Å². The average Bonchev–Trinajstić information content (AvgIpc) is 3.69. The molecule has 1 atom stereocenters. The lowest BCUT2D eigenvalue weighted by atomic mass is 9.66. The van der Waals surface area contributed by atoms with Crippen molar-refractivity contribution < 1.29 is 0 Å². The Balaban J connectivity index is 1.49. The lowest BCUT2D eigenvalue weighted by Gasteiger charge is -2.35. The Morgan fingerprint density at radius 1 is 0.560 bits per heavy atom. The summed E-state index contributed by atoms with van der Waals surface area (Å²) >= 11 is 0. The summed E-state index contributed by atoms with van der Waals surface area (Å²) in [6.45, 7) is 4.25. The molecule has 0 saturated heterocycles. The molecule has 0 amide bonds. The lowest BCUT2D eigenvalue weighted by Crippen LogP contribution is -2.29. The first-order valence-corrected chi connectivity index (χ1v) is 17.1.